The molecule has 0 radical (unpaired) electrons. The predicted molar refractivity (Wildman–Crippen MR) is 84.7 cm³/mol. The molecule has 1 aromatic rings. The van der Waals surface area contributed by atoms with E-state index in [2.05, 4.69) is 43.0 Å². The van der Waals surface area contributed by atoms with Gasteiger partial charge in [0.25, 0.3) is 0 Å². The van der Waals surface area contributed by atoms with Crippen molar-refractivity contribution in [3.05, 3.63) is 11.4 Å². The third-order valence-electron chi connectivity index (χ3n) is 3.12. The quantitative estimate of drug-likeness (QED) is 0.705. The van der Waals surface area contributed by atoms with Crippen LogP contribution in [0.5, 0.6) is 0 Å². The molecular weight excluding hydrogens is 252 g/mol. The molecule has 114 valence electrons. The lowest BCUT2D eigenvalue weighted by Gasteiger charge is -2.22. The summed E-state index contributed by atoms with van der Waals surface area (Å²) >= 11 is 0. The molecule has 0 aromatic carbocycles. The van der Waals surface area contributed by atoms with E-state index in [9.17, 15) is 0 Å². The molecule has 1 N–H and O–H groups in total. The number of likely N-dealkylation sites (N-methyl/N-ethyl adjacent to an activating group) is 1. The lowest BCUT2D eigenvalue weighted by atomic mass is 10.2. The van der Waals surface area contributed by atoms with Crippen LogP contribution in [0.1, 0.15) is 38.6 Å². The fourth-order valence-corrected chi connectivity index (χ4v) is 2.05. The van der Waals surface area contributed by atoms with Crippen LogP contribution in [0.3, 0.4) is 0 Å². The van der Waals surface area contributed by atoms with Gasteiger partial charge in [-0.15, -0.1) is 0 Å². The maximum atomic E-state index is 5.42. The molecule has 1 heterocycles. The van der Waals surface area contributed by atoms with E-state index in [0.717, 1.165) is 62.2 Å². The Hall–Kier alpha value is -1.36. The summed E-state index contributed by atoms with van der Waals surface area (Å²) in [7, 11) is 2.06. The van der Waals surface area contributed by atoms with E-state index in [1.807, 2.05) is 6.92 Å². The number of ether oxygens (including phenoxy) is 1. The number of hydrogen-bond donors (Lipinski definition) is 1. The topological polar surface area (TPSA) is 50.3 Å². The van der Waals surface area contributed by atoms with Crippen molar-refractivity contribution in [1.82, 2.24) is 9.97 Å². The number of aryl methyl sites for hydroxylation is 1. The van der Waals surface area contributed by atoms with Gasteiger partial charge in [-0.2, -0.15) is 0 Å². The van der Waals surface area contributed by atoms with Gasteiger partial charge in [-0.3, -0.25) is 0 Å². The van der Waals surface area contributed by atoms with Gasteiger partial charge in [0.05, 0.1) is 6.61 Å². The van der Waals surface area contributed by atoms with E-state index in [1.54, 1.807) is 0 Å². The van der Waals surface area contributed by atoms with Crippen LogP contribution in [0.25, 0.3) is 0 Å². The Morgan fingerprint density at radius 3 is 2.55 bits per heavy atom. The normalized spacial score (nSPS) is 10.7. The van der Waals surface area contributed by atoms with Crippen LogP contribution < -0.4 is 10.2 Å². The van der Waals surface area contributed by atoms with Crippen molar-refractivity contribution in [1.29, 1.82) is 0 Å². The first-order chi connectivity index (χ1) is 9.63. The lowest BCUT2D eigenvalue weighted by molar-refractivity contribution is 0.154. The van der Waals surface area contributed by atoms with Crippen molar-refractivity contribution < 1.29 is 4.74 Å². The van der Waals surface area contributed by atoms with Crippen LogP contribution in [-0.4, -0.2) is 43.3 Å². The highest BCUT2D eigenvalue weighted by atomic mass is 16.5. The van der Waals surface area contributed by atoms with Crippen LogP contribution in [0.2, 0.25) is 0 Å². The summed E-state index contributed by atoms with van der Waals surface area (Å²) in [6.45, 7) is 11.5. The number of aromatic nitrogens is 2. The van der Waals surface area contributed by atoms with Gasteiger partial charge in [0.1, 0.15) is 17.5 Å². The fraction of sp³-hybridized carbons (Fsp3) is 0.733. The molecule has 5 heteroatoms. The minimum atomic E-state index is 0.718. The highest BCUT2D eigenvalue weighted by Gasteiger charge is 2.13. The molecule has 1 aromatic heterocycles. The smallest absolute Gasteiger partial charge is 0.137 e. The zero-order chi connectivity index (χ0) is 15.0. The maximum absolute atomic E-state index is 5.42. The van der Waals surface area contributed by atoms with Crippen LogP contribution in [0.15, 0.2) is 0 Å². The number of hydrogen-bond acceptors (Lipinski definition) is 5. The van der Waals surface area contributed by atoms with Gasteiger partial charge in [0.2, 0.25) is 0 Å². The zero-order valence-electron chi connectivity index (χ0n) is 13.5. The van der Waals surface area contributed by atoms with Crippen molar-refractivity contribution in [3.8, 4) is 0 Å². The SMILES string of the molecule is CCCc1nc(NCC)c(C)c(N(C)CCOCC)n1. The highest BCUT2D eigenvalue weighted by molar-refractivity contribution is 5.58. The third kappa shape index (κ3) is 4.63. The van der Waals surface area contributed by atoms with Crippen molar-refractivity contribution in [3.63, 3.8) is 0 Å². The molecule has 0 aliphatic heterocycles. The number of anilines is 2. The Balaban J connectivity index is 2.96. The van der Waals surface area contributed by atoms with Gasteiger partial charge in [-0.25, -0.2) is 9.97 Å². The van der Waals surface area contributed by atoms with E-state index in [1.165, 1.54) is 0 Å². The molecule has 0 unspecified atom stereocenters. The standard InChI is InChI=1S/C15H28N4O/c1-6-9-13-17-14(16-7-2)12(4)15(18-13)19(5)10-11-20-8-3/h6-11H2,1-5H3,(H,16,17,18). The number of nitrogens with one attached hydrogen (secondary N) is 1. The fourth-order valence-electron chi connectivity index (χ4n) is 2.05. The molecule has 0 atom stereocenters. The zero-order valence-corrected chi connectivity index (χ0v) is 13.5. The summed E-state index contributed by atoms with van der Waals surface area (Å²) < 4.78 is 5.42. The molecule has 0 saturated heterocycles. The van der Waals surface area contributed by atoms with Crippen LogP contribution in [0.4, 0.5) is 11.6 Å². The summed E-state index contributed by atoms with van der Waals surface area (Å²) in [5.74, 6) is 2.86. The monoisotopic (exact) mass is 280 g/mol. The summed E-state index contributed by atoms with van der Waals surface area (Å²) in [5.41, 5.74) is 1.10. The molecule has 5 nitrogen and oxygen atoms in total. The van der Waals surface area contributed by atoms with E-state index in [4.69, 9.17) is 9.72 Å². The Morgan fingerprint density at radius 1 is 1.20 bits per heavy atom. The van der Waals surface area contributed by atoms with Crippen molar-refractivity contribution >= 4 is 11.6 Å². The second kappa shape index (κ2) is 8.74. The first-order valence-corrected chi connectivity index (χ1v) is 7.54. The summed E-state index contributed by atoms with van der Waals surface area (Å²) in [4.78, 5) is 11.5. The molecular formula is C15H28N4O. The molecule has 1 rings (SSSR count). The average Bonchev–Trinajstić information content (AvgIpc) is 2.43. The van der Waals surface area contributed by atoms with E-state index >= 15 is 0 Å². The largest absolute Gasteiger partial charge is 0.380 e. The molecule has 0 amide bonds. The molecule has 0 fully saturated rings. The summed E-state index contributed by atoms with van der Waals surface area (Å²) in [6, 6.07) is 0. The number of nitrogens with zero attached hydrogens (tertiary/aromatic N) is 3. The van der Waals surface area contributed by atoms with Crippen molar-refractivity contribution in [2.24, 2.45) is 0 Å². The van der Waals surface area contributed by atoms with Gasteiger partial charge in [0.15, 0.2) is 0 Å². The van der Waals surface area contributed by atoms with E-state index in [-0.39, 0.29) is 0 Å². The number of rotatable bonds is 9. The highest BCUT2D eigenvalue weighted by Crippen LogP contribution is 2.23. The molecule has 20 heavy (non-hydrogen) atoms. The Labute approximate surface area is 122 Å². The lowest BCUT2D eigenvalue weighted by Crippen LogP contribution is -2.25. The van der Waals surface area contributed by atoms with Gasteiger partial charge in [-0.1, -0.05) is 6.92 Å². The Kier molecular flexibility index (Phi) is 7.30. The summed E-state index contributed by atoms with van der Waals surface area (Å²) in [6.07, 6.45) is 1.96. The third-order valence-corrected chi connectivity index (χ3v) is 3.12. The van der Waals surface area contributed by atoms with Crippen molar-refractivity contribution in [2.75, 3.05) is 43.6 Å². The molecule has 0 spiro atoms. The average molecular weight is 280 g/mol. The molecule has 0 aliphatic rings. The van der Waals surface area contributed by atoms with Crippen LogP contribution in [-0.2, 0) is 11.2 Å². The first-order valence-electron chi connectivity index (χ1n) is 7.54. The van der Waals surface area contributed by atoms with E-state index in [0.29, 0.717) is 0 Å². The Morgan fingerprint density at radius 2 is 1.95 bits per heavy atom. The Bertz CT molecular complexity index is 409. The van der Waals surface area contributed by atoms with Crippen LogP contribution in [0, 0.1) is 6.92 Å². The van der Waals surface area contributed by atoms with Crippen molar-refractivity contribution in [2.45, 2.75) is 40.5 Å². The summed E-state index contributed by atoms with van der Waals surface area (Å²) in [5, 5.41) is 3.33. The second-order valence-electron chi connectivity index (χ2n) is 4.84. The minimum absolute atomic E-state index is 0.718. The molecule has 0 aliphatic carbocycles. The molecule has 0 saturated carbocycles. The van der Waals surface area contributed by atoms with E-state index < -0.39 is 0 Å². The predicted octanol–water partition coefficient (Wildman–Crippen LogP) is 2.64. The minimum Gasteiger partial charge on any atom is -0.380 e. The first kappa shape index (κ1) is 16.7. The van der Waals surface area contributed by atoms with Gasteiger partial charge in [0, 0.05) is 38.7 Å². The second-order valence-corrected chi connectivity index (χ2v) is 4.84. The molecule has 0 bridgehead atoms. The van der Waals surface area contributed by atoms with Gasteiger partial charge >= 0.3 is 0 Å². The van der Waals surface area contributed by atoms with Crippen LogP contribution >= 0.6 is 0 Å². The van der Waals surface area contributed by atoms with Gasteiger partial charge < -0.3 is 15.0 Å². The van der Waals surface area contributed by atoms with Gasteiger partial charge in [-0.05, 0) is 27.2 Å². The maximum Gasteiger partial charge on any atom is 0.137 e.